The van der Waals surface area contributed by atoms with Gasteiger partial charge in [0.2, 0.25) is 5.95 Å². The number of furan rings is 1. The Morgan fingerprint density at radius 1 is 1.36 bits per heavy atom. The van der Waals surface area contributed by atoms with Gasteiger partial charge in [-0.1, -0.05) is 6.07 Å². The Hall–Kier alpha value is -2.54. The number of nitrogens with zero attached hydrogens (tertiary/aromatic N) is 3. The van der Waals surface area contributed by atoms with Gasteiger partial charge in [0, 0.05) is 19.1 Å². The summed E-state index contributed by atoms with van der Waals surface area (Å²) in [6, 6.07) is 5.78. The highest BCUT2D eigenvalue weighted by atomic mass is 16.5. The minimum atomic E-state index is 0.144. The molecule has 1 atom stereocenters. The van der Waals surface area contributed by atoms with E-state index in [0.29, 0.717) is 28.3 Å². The molecule has 0 radical (unpaired) electrons. The summed E-state index contributed by atoms with van der Waals surface area (Å²) in [5, 5.41) is 0.818. The van der Waals surface area contributed by atoms with E-state index in [-0.39, 0.29) is 12.0 Å². The van der Waals surface area contributed by atoms with Crippen molar-refractivity contribution in [3.05, 3.63) is 18.2 Å². The van der Waals surface area contributed by atoms with Crippen molar-refractivity contribution in [2.24, 2.45) is 5.73 Å². The quantitative estimate of drug-likeness (QED) is 0.739. The molecule has 0 amide bonds. The third kappa shape index (κ3) is 1.86. The molecule has 1 aliphatic rings. The minimum Gasteiger partial charge on any atom is -0.496 e. The molecule has 0 spiro atoms. The number of nitrogens with two attached hydrogens (primary N) is 2. The number of rotatable bonds is 2. The van der Waals surface area contributed by atoms with E-state index < -0.39 is 0 Å². The first-order valence-corrected chi connectivity index (χ1v) is 7.20. The van der Waals surface area contributed by atoms with Crippen LogP contribution in [0.4, 0.5) is 11.8 Å². The topological polar surface area (TPSA) is 103 Å². The number of aromatic nitrogens is 2. The highest BCUT2D eigenvalue weighted by Crippen LogP contribution is 2.38. The van der Waals surface area contributed by atoms with Crippen LogP contribution in [0.15, 0.2) is 22.6 Å². The largest absolute Gasteiger partial charge is 0.496 e. The van der Waals surface area contributed by atoms with Crippen molar-refractivity contribution < 1.29 is 9.15 Å². The van der Waals surface area contributed by atoms with Crippen molar-refractivity contribution in [3.8, 4) is 5.75 Å². The molecule has 0 saturated carbocycles. The van der Waals surface area contributed by atoms with Gasteiger partial charge in [-0.2, -0.15) is 4.98 Å². The summed E-state index contributed by atoms with van der Waals surface area (Å²) in [5.41, 5.74) is 13.9. The van der Waals surface area contributed by atoms with Crippen LogP contribution in [0.2, 0.25) is 0 Å². The van der Waals surface area contributed by atoms with Gasteiger partial charge < -0.3 is 25.5 Å². The van der Waals surface area contributed by atoms with E-state index in [9.17, 15) is 0 Å². The molecule has 3 heterocycles. The molecule has 7 heteroatoms. The van der Waals surface area contributed by atoms with E-state index in [1.165, 1.54) is 0 Å². The van der Waals surface area contributed by atoms with Gasteiger partial charge in [0.25, 0.3) is 0 Å². The molecule has 0 unspecified atom stereocenters. The van der Waals surface area contributed by atoms with Gasteiger partial charge in [0.05, 0.1) is 12.5 Å². The molecular formula is C15H17N5O2. The number of anilines is 2. The van der Waals surface area contributed by atoms with Crippen molar-refractivity contribution in [1.82, 2.24) is 9.97 Å². The lowest BCUT2D eigenvalue weighted by Gasteiger charge is -2.16. The third-order valence-corrected chi connectivity index (χ3v) is 4.05. The van der Waals surface area contributed by atoms with Crippen molar-refractivity contribution in [3.63, 3.8) is 0 Å². The second-order valence-electron chi connectivity index (χ2n) is 5.51. The maximum absolute atomic E-state index is 6.00. The Bertz CT molecular complexity index is 860. The summed E-state index contributed by atoms with van der Waals surface area (Å²) < 4.78 is 11.4. The van der Waals surface area contributed by atoms with Gasteiger partial charge in [0.15, 0.2) is 11.4 Å². The molecular weight excluding hydrogens is 282 g/mol. The molecule has 7 nitrogen and oxygen atoms in total. The van der Waals surface area contributed by atoms with E-state index in [1.54, 1.807) is 7.11 Å². The highest BCUT2D eigenvalue weighted by Gasteiger charge is 2.26. The van der Waals surface area contributed by atoms with E-state index >= 15 is 0 Å². The van der Waals surface area contributed by atoms with Crippen LogP contribution in [-0.4, -0.2) is 36.2 Å². The third-order valence-electron chi connectivity index (χ3n) is 4.05. The molecule has 0 aliphatic carbocycles. The van der Waals surface area contributed by atoms with Gasteiger partial charge in [-0.25, -0.2) is 4.98 Å². The molecule has 1 fully saturated rings. The molecule has 1 aromatic carbocycles. The van der Waals surface area contributed by atoms with Crippen LogP contribution in [0.25, 0.3) is 22.1 Å². The van der Waals surface area contributed by atoms with Crippen LogP contribution in [0, 0.1) is 0 Å². The average molecular weight is 299 g/mol. The fraction of sp³-hybridized carbons (Fsp3) is 0.333. The van der Waals surface area contributed by atoms with Crippen molar-refractivity contribution in [1.29, 1.82) is 0 Å². The Kier molecular flexibility index (Phi) is 2.83. The monoisotopic (exact) mass is 299 g/mol. The summed E-state index contributed by atoms with van der Waals surface area (Å²) in [5.74, 6) is 1.63. The first kappa shape index (κ1) is 13.1. The van der Waals surface area contributed by atoms with Crippen LogP contribution < -0.4 is 21.1 Å². The SMILES string of the molecule is COc1cccc2oc3c(N4CC[C@@H](N)C4)nc(N)nc3c12. The highest BCUT2D eigenvalue weighted by molar-refractivity contribution is 6.09. The molecule has 2 aromatic heterocycles. The fourth-order valence-electron chi connectivity index (χ4n) is 3.02. The van der Waals surface area contributed by atoms with E-state index in [0.717, 1.165) is 24.9 Å². The zero-order valence-electron chi connectivity index (χ0n) is 12.2. The second-order valence-corrected chi connectivity index (χ2v) is 5.51. The zero-order chi connectivity index (χ0) is 15.3. The fourth-order valence-corrected chi connectivity index (χ4v) is 3.02. The number of methoxy groups -OCH3 is 1. The molecule has 3 aromatic rings. The molecule has 1 saturated heterocycles. The van der Waals surface area contributed by atoms with Gasteiger partial charge in [-0.3, -0.25) is 0 Å². The maximum Gasteiger partial charge on any atom is 0.222 e. The van der Waals surface area contributed by atoms with Gasteiger partial charge >= 0.3 is 0 Å². The molecule has 4 rings (SSSR count). The summed E-state index contributed by atoms with van der Waals surface area (Å²) in [6.45, 7) is 1.57. The van der Waals surface area contributed by atoms with Crippen molar-refractivity contribution in [2.75, 3.05) is 30.8 Å². The van der Waals surface area contributed by atoms with Crippen LogP contribution in [0.5, 0.6) is 5.75 Å². The van der Waals surface area contributed by atoms with E-state index in [4.69, 9.17) is 20.6 Å². The Morgan fingerprint density at radius 3 is 2.95 bits per heavy atom. The van der Waals surface area contributed by atoms with Crippen LogP contribution in [-0.2, 0) is 0 Å². The number of benzene rings is 1. The number of hydrogen-bond donors (Lipinski definition) is 2. The second kappa shape index (κ2) is 4.74. The standard InChI is InChI=1S/C15H17N5O2/c1-21-9-3-2-4-10-11(9)12-13(22-10)14(19-15(17)18-12)20-6-5-8(16)7-20/h2-4,8H,5-7,16H2,1H3,(H2,17,18,19)/t8-/m1/s1. The van der Waals surface area contributed by atoms with Crippen molar-refractivity contribution in [2.45, 2.75) is 12.5 Å². The summed E-state index contributed by atoms with van der Waals surface area (Å²) in [7, 11) is 1.62. The molecule has 22 heavy (non-hydrogen) atoms. The van der Waals surface area contributed by atoms with E-state index in [2.05, 4.69) is 14.9 Å². The lowest BCUT2D eigenvalue weighted by Crippen LogP contribution is -2.27. The number of nitrogen functional groups attached to an aromatic ring is 1. The van der Waals surface area contributed by atoms with Crippen LogP contribution >= 0.6 is 0 Å². The van der Waals surface area contributed by atoms with Gasteiger partial charge in [-0.15, -0.1) is 0 Å². The number of ether oxygens (including phenoxy) is 1. The molecule has 114 valence electrons. The minimum absolute atomic E-state index is 0.144. The van der Waals surface area contributed by atoms with Crippen molar-refractivity contribution >= 4 is 33.8 Å². The Morgan fingerprint density at radius 2 is 2.23 bits per heavy atom. The van der Waals surface area contributed by atoms with Gasteiger partial charge in [-0.05, 0) is 18.6 Å². The summed E-state index contributed by atoms with van der Waals surface area (Å²) in [4.78, 5) is 10.8. The first-order valence-electron chi connectivity index (χ1n) is 7.20. The predicted octanol–water partition coefficient (Wildman–Crippen LogP) is 1.50. The molecule has 4 N–H and O–H groups in total. The zero-order valence-corrected chi connectivity index (χ0v) is 12.2. The van der Waals surface area contributed by atoms with Gasteiger partial charge in [0.1, 0.15) is 16.8 Å². The lowest BCUT2D eigenvalue weighted by atomic mass is 10.2. The summed E-state index contributed by atoms with van der Waals surface area (Å²) in [6.07, 6.45) is 0.926. The average Bonchev–Trinajstić information content (AvgIpc) is 3.10. The smallest absolute Gasteiger partial charge is 0.222 e. The molecule has 0 bridgehead atoms. The summed E-state index contributed by atoms with van der Waals surface area (Å²) >= 11 is 0. The van der Waals surface area contributed by atoms with E-state index in [1.807, 2.05) is 18.2 Å². The number of hydrogen-bond acceptors (Lipinski definition) is 7. The number of fused-ring (bicyclic) bond motifs is 3. The predicted molar refractivity (Wildman–Crippen MR) is 85.1 cm³/mol. The Balaban J connectivity index is 2.02. The van der Waals surface area contributed by atoms with Crippen LogP contribution in [0.3, 0.4) is 0 Å². The maximum atomic E-state index is 6.00. The van der Waals surface area contributed by atoms with Crippen LogP contribution in [0.1, 0.15) is 6.42 Å². The molecule has 1 aliphatic heterocycles. The lowest BCUT2D eigenvalue weighted by molar-refractivity contribution is 0.420. The first-order chi connectivity index (χ1) is 10.7. The Labute approximate surface area is 126 Å². The normalized spacial score (nSPS) is 18.5.